The first-order chi connectivity index (χ1) is 14.8. The van der Waals surface area contributed by atoms with Crippen LogP contribution in [0.1, 0.15) is 44.6 Å². The molecule has 0 bridgehead atoms. The van der Waals surface area contributed by atoms with E-state index in [1.807, 2.05) is 6.92 Å². The molecule has 0 radical (unpaired) electrons. The van der Waals surface area contributed by atoms with Gasteiger partial charge in [-0.05, 0) is 11.6 Å². The van der Waals surface area contributed by atoms with Crippen molar-refractivity contribution in [2.45, 2.75) is 51.7 Å². The standard InChI is InChI=1S/C18H17Cl2N5O6/c1-4-9-5-10(24-31-9)12-13(28-7(2)26)14(29-8(3)27)17(30-12)25-6-21-11-15(19)22-18(20)23-16(11)25/h5-6,12-14,17H,4H2,1-3H3/t12-,13+,14-,17-/m1/s1. The summed E-state index contributed by atoms with van der Waals surface area (Å²) in [5.74, 6) is -0.563. The van der Waals surface area contributed by atoms with E-state index in [1.54, 1.807) is 6.07 Å². The zero-order valence-corrected chi connectivity index (χ0v) is 18.1. The van der Waals surface area contributed by atoms with Gasteiger partial charge in [-0.15, -0.1) is 0 Å². The number of ether oxygens (including phenoxy) is 3. The van der Waals surface area contributed by atoms with E-state index in [2.05, 4.69) is 20.1 Å². The summed E-state index contributed by atoms with van der Waals surface area (Å²) in [5.41, 5.74) is 0.917. The first-order valence-corrected chi connectivity index (χ1v) is 10.0. The van der Waals surface area contributed by atoms with Crippen LogP contribution in [0.3, 0.4) is 0 Å². The summed E-state index contributed by atoms with van der Waals surface area (Å²) in [6, 6.07) is 1.69. The highest BCUT2D eigenvalue weighted by Crippen LogP contribution is 2.43. The van der Waals surface area contributed by atoms with Crippen LogP contribution in [0, 0.1) is 0 Å². The van der Waals surface area contributed by atoms with Crippen molar-refractivity contribution in [2.75, 3.05) is 0 Å². The van der Waals surface area contributed by atoms with Gasteiger partial charge < -0.3 is 18.7 Å². The molecule has 13 heteroatoms. The zero-order chi connectivity index (χ0) is 22.3. The maximum Gasteiger partial charge on any atom is 0.303 e. The van der Waals surface area contributed by atoms with Crippen LogP contribution >= 0.6 is 23.2 Å². The highest BCUT2D eigenvalue weighted by molar-refractivity contribution is 6.35. The normalized spacial score (nSPS) is 23.3. The number of carbonyl (C=O) groups excluding carboxylic acids is 2. The lowest BCUT2D eigenvalue weighted by atomic mass is 10.1. The third-order valence-electron chi connectivity index (χ3n) is 4.64. The van der Waals surface area contributed by atoms with Crippen molar-refractivity contribution < 1.29 is 28.3 Å². The molecule has 3 aromatic rings. The number of aryl methyl sites for hydroxylation is 1. The molecule has 4 atom stereocenters. The van der Waals surface area contributed by atoms with Crippen LogP contribution < -0.4 is 0 Å². The van der Waals surface area contributed by atoms with E-state index in [9.17, 15) is 9.59 Å². The first kappa shape index (κ1) is 21.5. The van der Waals surface area contributed by atoms with E-state index in [1.165, 1.54) is 24.7 Å². The van der Waals surface area contributed by atoms with Crippen molar-refractivity contribution in [3.63, 3.8) is 0 Å². The molecular formula is C18H17Cl2N5O6. The summed E-state index contributed by atoms with van der Waals surface area (Å²) in [5, 5.41) is 3.97. The molecule has 3 aromatic heterocycles. The Morgan fingerprint density at radius 1 is 1.16 bits per heavy atom. The molecule has 31 heavy (non-hydrogen) atoms. The molecule has 1 aliphatic heterocycles. The quantitative estimate of drug-likeness (QED) is 0.312. The van der Waals surface area contributed by atoms with Gasteiger partial charge in [-0.1, -0.05) is 23.7 Å². The van der Waals surface area contributed by atoms with Crippen LogP contribution in [0.25, 0.3) is 11.2 Å². The molecule has 0 aromatic carbocycles. The third-order valence-corrected chi connectivity index (χ3v) is 5.07. The predicted octanol–water partition coefficient (Wildman–Crippen LogP) is 2.82. The predicted molar refractivity (Wildman–Crippen MR) is 105 cm³/mol. The second-order valence-electron chi connectivity index (χ2n) is 6.77. The molecule has 1 fully saturated rings. The topological polar surface area (TPSA) is 131 Å². The maximum absolute atomic E-state index is 11.9. The van der Waals surface area contributed by atoms with Crippen LogP contribution in [-0.4, -0.2) is 48.8 Å². The van der Waals surface area contributed by atoms with Crippen LogP contribution in [0.5, 0.6) is 0 Å². The van der Waals surface area contributed by atoms with Gasteiger partial charge in [-0.3, -0.25) is 14.2 Å². The molecule has 4 rings (SSSR count). The number of hydrogen-bond acceptors (Lipinski definition) is 10. The van der Waals surface area contributed by atoms with Gasteiger partial charge in [0.2, 0.25) is 5.28 Å². The average Bonchev–Trinajstić information content (AvgIpc) is 3.39. The van der Waals surface area contributed by atoms with Gasteiger partial charge in [0.15, 0.2) is 29.2 Å². The minimum Gasteiger partial charge on any atom is -0.455 e. The Bertz CT molecular complexity index is 1150. The second-order valence-corrected chi connectivity index (χ2v) is 7.47. The SMILES string of the molecule is CCc1cc([C@H]2O[C@@H](n3cnc4c(Cl)nc(Cl)nc43)[C@H](OC(C)=O)[C@H]2OC(C)=O)no1. The fourth-order valence-electron chi connectivity index (χ4n) is 3.41. The van der Waals surface area contributed by atoms with Crippen LogP contribution in [0.2, 0.25) is 10.4 Å². The minimum absolute atomic E-state index is 0.0490. The highest BCUT2D eigenvalue weighted by atomic mass is 35.5. The fourth-order valence-corrected chi connectivity index (χ4v) is 3.83. The average molecular weight is 470 g/mol. The Labute approximate surface area is 185 Å². The second kappa shape index (κ2) is 8.40. The lowest BCUT2D eigenvalue weighted by Gasteiger charge is -2.23. The van der Waals surface area contributed by atoms with E-state index in [0.29, 0.717) is 17.9 Å². The Morgan fingerprint density at radius 2 is 1.87 bits per heavy atom. The summed E-state index contributed by atoms with van der Waals surface area (Å²) in [6.07, 6.45) is -1.91. The number of rotatable bonds is 5. The smallest absolute Gasteiger partial charge is 0.303 e. The van der Waals surface area contributed by atoms with Crippen molar-refractivity contribution in [3.8, 4) is 0 Å². The van der Waals surface area contributed by atoms with Gasteiger partial charge in [0.05, 0.1) is 6.33 Å². The summed E-state index contributed by atoms with van der Waals surface area (Å²) < 4.78 is 23.9. The molecule has 1 aliphatic rings. The van der Waals surface area contributed by atoms with E-state index >= 15 is 0 Å². The maximum atomic E-state index is 11.9. The summed E-state index contributed by atoms with van der Waals surface area (Å²) in [6.45, 7) is 4.38. The monoisotopic (exact) mass is 469 g/mol. The van der Waals surface area contributed by atoms with Crippen LogP contribution in [0.4, 0.5) is 0 Å². The summed E-state index contributed by atoms with van der Waals surface area (Å²) >= 11 is 12.1. The van der Waals surface area contributed by atoms with Gasteiger partial charge in [0.1, 0.15) is 23.1 Å². The largest absolute Gasteiger partial charge is 0.455 e. The van der Waals surface area contributed by atoms with Crippen LogP contribution in [-0.2, 0) is 30.2 Å². The van der Waals surface area contributed by atoms with E-state index in [0.717, 1.165) is 0 Å². The number of halogens is 2. The number of esters is 2. The number of hydrogen-bond donors (Lipinski definition) is 0. The van der Waals surface area contributed by atoms with Crippen molar-refractivity contribution in [1.82, 2.24) is 24.7 Å². The molecule has 11 nitrogen and oxygen atoms in total. The number of imidazole rings is 1. The van der Waals surface area contributed by atoms with E-state index < -0.39 is 36.5 Å². The van der Waals surface area contributed by atoms with Gasteiger partial charge in [-0.25, -0.2) is 9.97 Å². The summed E-state index contributed by atoms with van der Waals surface area (Å²) in [7, 11) is 0. The molecule has 0 unspecified atom stereocenters. The van der Waals surface area contributed by atoms with Crippen molar-refractivity contribution in [1.29, 1.82) is 0 Å². The Balaban J connectivity index is 1.82. The molecule has 164 valence electrons. The Hall–Kier alpha value is -2.76. The van der Waals surface area contributed by atoms with E-state index in [-0.39, 0.29) is 21.6 Å². The van der Waals surface area contributed by atoms with Gasteiger partial charge in [-0.2, -0.15) is 4.98 Å². The number of aromatic nitrogens is 5. The van der Waals surface area contributed by atoms with Gasteiger partial charge in [0, 0.05) is 26.3 Å². The molecule has 4 heterocycles. The summed E-state index contributed by atoms with van der Waals surface area (Å²) in [4.78, 5) is 35.9. The van der Waals surface area contributed by atoms with Crippen molar-refractivity contribution >= 4 is 46.3 Å². The minimum atomic E-state index is -1.04. The van der Waals surface area contributed by atoms with Crippen LogP contribution in [0.15, 0.2) is 16.9 Å². The molecule has 0 spiro atoms. The number of fused-ring (bicyclic) bond motifs is 1. The number of carbonyl (C=O) groups is 2. The van der Waals surface area contributed by atoms with Crippen molar-refractivity contribution in [3.05, 3.63) is 34.3 Å². The molecule has 0 N–H and O–H groups in total. The van der Waals surface area contributed by atoms with Gasteiger partial charge in [0.25, 0.3) is 0 Å². The first-order valence-electron chi connectivity index (χ1n) is 9.29. The molecule has 0 saturated carbocycles. The molecule has 0 aliphatic carbocycles. The third kappa shape index (κ3) is 4.08. The molecular weight excluding hydrogens is 453 g/mol. The van der Waals surface area contributed by atoms with Gasteiger partial charge >= 0.3 is 11.9 Å². The lowest BCUT2D eigenvalue weighted by molar-refractivity contribution is -0.165. The Kier molecular flexibility index (Phi) is 5.82. The van der Waals surface area contributed by atoms with E-state index in [4.69, 9.17) is 41.9 Å². The molecule has 1 saturated heterocycles. The number of nitrogens with zero attached hydrogens (tertiary/aromatic N) is 5. The highest BCUT2D eigenvalue weighted by Gasteiger charge is 2.52. The lowest BCUT2D eigenvalue weighted by Crippen LogP contribution is -2.36. The molecule has 0 amide bonds. The Morgan fingerprint density at radius 3 is 2.52 bits per heavy atom. The van der Waals surface area contributed by atoms with Crippen molar-refractivity contribution in [2.24, 2.45) is 0 Å². The fraction of sp³-hybridized carbons (Fsp3) is 0.444. The zero-order valence-electron chi connectivity index (χ0n) is 16.6.